The Hall–Kier alpha value is -2.50. The lowest BCUT2D eigenvalue weighted by atomic mass is 10.2. The summed E-state index contributed by atoms with van der Waals surface area (Å²) >= 11 is 0. The molecule has 0 aliphatic heterocycles. The van der Waals surface area contributed by atoms with Crippen molar-refractivity contribution in [2.45, 2.75) is 12.8 Å². The molecule has 1 aromatic heterocycles. The van der Waals surface area contributed by atoms with E-state index in [1.807, 2.05) is 0 Å². The quantitative estimate of drug-likeness (QED) is 0.841. The van der Waals surface area contributed by atoms with Gasteiger partial charge in [0, 0.05) is 6.07 Å². The fourth-order valence-electron chi connectivity index (χ4n) is 1.12. The molecule has 0 bridgehead atoms. The van der Waals surface area contributed by atoms with Crippen molar-refractivity contribution in [2.75, 3.05) is 5.73 Å². The molecule has 0 spiro atoms. The number of hydrogen-bond donors (Lipinski definition) is 2. The largest absolute Gasteiger partial charge is 0.573 e. The van der Waals surface area contributed by atoms with E-state index < -0.39 is 35.9 Å². The summed E-state index contributed by atoms with van der Waals surface area (Å²) in [6.07, 6.45) is -5.65. The second-order valence-corrected chi connectivity index (χ2v) is 3.10. The van der Waals surface area contributed by atoms with Crippen molar-refractivity contribution in [2.24, 2.45) is 0 Å². The van der Waals surface area contributed by atoms with Crippen molar-refractivity contribution >= 4 is 11.7 Å². The van der Waals surface area contributed by atoms with Gasteiger partial charge in [0.2, 0.25) is 0 Å². The molecule has 0 saturated heterocycles. The van der Waals surface area contributed by atoms with Gasteiger partial charge in [-0.1, -0.05) is 0 Å². The van der Waals surface area contributed by atoms with Crippen LogP contribution in [0.25, 0.3) is 0 Å². The summed E-state index contributed by atoms with van der Waals surface area (Å²) in [5.41, 5.74) is 3.87. The zero-order chi connectivity index (χ0) is 13.9. The van der Waals surface area contributed by atoms with Gasteiger partial charge in [-0.3, -0.25) is 4.79 Å². The first-order valence-corrected chi connectivity index (χ1v) is 4.40. The van der Waals surface area contributed by atoms with Gasteiger partial charge in [-0.25, -0.2) is 4.98 Å². The zero-order valence-corrected chi connectivity index (χ0v) is 8.65. The predicted octanol–water partition coefficient (Wildman–Crippen LogP) is 1.06. The monoisotopic (exact) mass is 261 g/mol. The van der Waals surface area contributed by atoms with Crippen LogP contribution in [0, 0.1) is 11.3 Å². The number of rotatable bonds is 3. The molecule has 6 nitrogen and oxygen atoms in total. The Morgan fingerprint density at radius 1 is 1.61 bits per heavy atom. The third-order valence-electron chi connectivity index (χ3n) is 1.74. The summed E-state index contributed by atoms with van der Waals surface area (Å²) < 4.78 is 39.7. The van der Waals surface area contributed by atoms with E-state index in [4.69, 9.17) is 16.1 Å². The molecule has 0 aliphatic rings. The highest BCUT2D eigenvalue weighted by molar-refractivity contribution is 5.71. The molecule has 9 heteroatoms. The maximum atomic E-state index is 12.1. The lowest BCUT2D eigenvalue weighted by Gasteiger charge is -2.12. The lowest BCUT2D eigenvalue weighted by molar-refractivity contribution is -0.274. The third-order valence-corrected chi connectivity index (χ3v) is 1.74. The van der Waals surface area contributed by atoms with Crippen LogP contribution >= 0.6 is 0 Å². The molecule has 1 rings (SSSR count). The number of ether oxygens (including phenoxy) is 1. The topological polar surface area (TPSA) is 109 Å². The van der Waals surface area contributed by atoms with Gasteiger partial charge in [0.25, 0.3) is 0 Å². The Kier molecular flexibility index (Phi) is 3.61. The molecule has 96 valence electrons. The number of anilines is 1. The van der Waals surface area contributed by atoms with Crippen LogP contribution < -0.4 is 10.5 Å². The molecule has 0 aliphatic carbocycles. The Morgan fingerprint density at radius 2 is 2.22 bits per heavy atom. The normalized spacial score (nSPS) is 10.8. The lowest BCUT2D eigenvalue weighted by Crippen LogP contribution is -2.19. The maximum absolute atomic E-state index is 12.1. The number of hydrogen-bond acceptors (Lipinski definition) is 5. The Balaban J connectivity index is 3.24. The van der Waals surface area contributed by atoms with Gasteiger partial charge in [-0.2, -0.15) is 5.26 Å². The van der Waals surface area contributed by atoms with E-state index in [1.165, 1.54) is 6.07 Å². The highest BCUT2D eigenvalue weighted by atomic mass is 19.4. The van der Waals surface area contributed by atoms with Crippen LogP contribution in [-0.2, 0) is 11.2 Å². The predicted molar refractivity (Wildman–Crippen MR) is 51.4 cm³/mol. The molecule has 0 aromatic carbocycles. The fraction of sp³-hybridized carbons (Fsp3) is 0.222. The molecule has 0 radical (unpaired) electrons. The molecule has 0 amide bonds. The molecule has 0 atom stereocenters. The van der Waals surface area contributed by atoms with E-state index in [2.05, 4.69) is 9.72 Å². The summed E-state index contributed by atoms with van der Waals surface area (Å²) in [7, 11) is 0. The number of alkyl halides is 3. The number of nitrogen functional groups attached to an aromatic ring is 1. The minimum atomic E-state index is -5.00. The molecule has 0 fully saturated rings. The standard InChI is InChI=1S/C9H6F3N3O3/c10-9(11,12)18-6-1-4(2-7(16)17)15-5(3-13)8(6)14/h1H,2,14H2,(H,16,17). The van der Waals surface area contributed by atoms with Crippen molar-refractivity contribution in [1.82, 2.24) is 4.98 Å². The number of aliphatic carboxylic acids is 1. The van der Waals surface area contributed by atoms with Crippen LogP contribution in [0.1, 0.15) is 11.4 Å². The van der Waals surface area contributed by atoms with E-state index >= 15 is 0 Å². The van der Waals surface area contributed by atoms with Crippen molar-refractivity contribution in [3.63, 3.8) is 0 Å². The molecular weight excluding hydrogens is 255 g/mol. The van der Waals surface area contributed by atoms with Gasteiger partial charge >= 0.3 is 12.3 Å². The first-order valence-electron chi connectivity index (χ1n) is 4.40. The van der Waals surface area contributed by atoms with Crippen LogP contribution in [-0.4, -0.2) is 22.4 Å². The number of carboxylic acids is 1. The van der Waals surface area contributed by atoms with E-state index in [0.717, 1.165) is 6.07 Å². The van der Waals surface area contributed by atoms with Crippen LogP contribution in [0.2, 0.25) is 0 Å². The van der Waals surface area contributed by atoms with Crippen LogP contribution in [0.5, 0.6) is 5.75 Å². The van der Waals surface area contributed by atoms with Gasteiger partial charge in [-0.15, -0.1) is 13.2 Å². The number of nitriles is 1. The first kappa shape index (κ1) is 13.6. The van der Waals surface area contributed by atoms with Gasteiger partial charge in [0.1, 0.15) is 11.8 Å². The number of nitrogens with zero attached hydrogens (tertiary/aromatic N) is 2. The number of halogens is 3. The van der Waals surface area contributed by atoms with Crippen molar-refractivity contribution < 1.29 is 27.8 Å². The summed E-state index contributed by atoms with van der Waals surface area (Å²) in [5.74, 6) is -2.15. The maximum Gasteiger partial charge on any atom is 0.573 e. The SMILES string of the molecule is N#Cc1nc(CC(=O)O)cc(OC(F)(F)F)c1N. The van der Waals surface area contributed by atoms with Gasteiger partial charge < -0.3 is 15.6 Å². The minimum absolute atomic E-state index is 0.257. The molecule has 18 heavy (non-hydrogen) atoms. The first-order chi connectivity index (χ1) is 8.23. The van der Waals surface area contributed by atoms with Crippen molar-refractivity contribution in [1.29, 1.82) is 5.26 Å². The summed E-state index contributed by atoms with van der Waals surface area (Å²) in [6.45, 7) is 0. The fourth-order valence-corrected chi connectivity index (χ4v) is 1.12. The molecule has 0 unspecified atom stereocenters. The second kappa shape index (κ2) is 4.79. The number of aromatic nitrogens is 1. The average molecular weight is 261 g/mol. The van der Waals surface area contributed by atoms with Crippen molar-refractivity contribution in [3.05, 3.63) is 17.5 Å². The average Bonchev–Trinajstić information content (AvgIpc) is 2.19. The molecule has 3 N–H and O–H groups in total. The Labute approximate surface area is 98.4 Å². The molecule has 1 heterocycles. The van der Waals surface area contributed by atoms with E-state index in [-0.39, 0.29) is 5.69 Å². The third kappa shape index (κ3) is 3.51. The Bertz CT molecular complexity index is 522. The number of nitrogens with two attached hydrogens (primary N) is 1. The van der Waals surface area contributed by atoms with Crippen LogP contribution in [0.4, 0.5) is 18.9 Å². The highest BCUT2D eigenvalue weighted by Gasteiger charge is 2.32. The van der Waals surface area contributed by atoms with Gasteiger partial charge in [-0.05, 0) is 0 Å². The van der Waals surface area contributed by atoms with E-state index in [0.29, 0.717) is 0 Å². The Morgan fingerprint density at radius 3 is 2.67 bits per heavy atom. The van der Waals surface area contributed by atoms with Gasteiger partial charge in [0.15, 0.2) is 11.4 Å². The number of carbonyl (C=O) groups is 1. The minimum Gasteiger partial charge on any atom is -0.481 e. The summed E-state index contributed by atoms with van der Waals surface area (Å²) in [4.78, 5) is 13.9. The van der Waals surface area contributed by atoms with Gasteiger partial charge in [0.05, 0.1) is 12.1 Å². The van der Waals surface area contributed by atoms with E-state index in [1.54, 1.807) is 0 Å². The highest BCUT2D eigenvalue weighted by Crippen LogP contribution is 2.30. The smallest absolute Gasteiger partial charge is 0.481 e. The molecule has 1 aromatic rings. The molecular formula is C9H6F3N3O3. The van der Waals surface area contributed by atoms with E-state index in [9.17, 15) is 18.0 Å². The number of carboxylic acid groups (broad SMARTS) is 1. The molecule has 0 saturated carbocycles. The van der Waals surface area contributed by atoms with Crippen LogP contribution in [0.15, 0.2) is 6.07 Å². The van der Waals surface area contributed by atoms with Crippen molar-refractivity contribution in [3.8, 4) is 11.8 Å². The van der Waals surface area contributed by atoms with Crippen LogP contribution in [0.3, 0.4) is 0 Å². The summed E-state index contributed by atoms with van der Waals surface area (Å²) in [5, 5.41) is 17.1. The number of pyridine rings is 1. The summed E-state index contributed by atoms with van der Waals surface area (Å²) in [6, 6.07) is 2.19. The zero-order valence-electron chi connectivity index (χ0n) is 8.65. The second-order valence-electron chi connectivity index (χ2n) is 3.10.